The zero-order chi connectivity index (χ0) is 10.6. The van der Waals surface area contributed by atoms with Crippen molar-refractivity contribution in [3.63, 3.8) is 0 Å². The van der Waals surface area contributed by atoms with E-state index in [9.17, 15) is 5.11 Å². The first-order chi connectivity index (χ1) is 6.63. The van der Waals surface area contributed by atoms with Crippen LogP contribution in [0.2, 0.25) is 0 Å². The molecule has 3 unspecified atom stereocenters. The summed E-state index contributed by atoms with van der Waals surface area (Å²) >= 11 is 0. The van der Waals surface area contributed by atoms with Gasteiger partial charge in [0.25, 0.3) is 0 Å². The van der Waals surface area contributed by atoms with Gasteiger partial charge >= 0.3 is 0 Å². The van der Waals surface area contributed by atoms with Crippen LogP contribution in [0.15, 0.2) is 0 Å². The lowest BCUT2D eigenvalue weighted by atomic mass is 9.91. The van der Waals surface area contributed by atoms with E-state index in [0.717, 1.165) is 18.8 Å². The molecule has 1 rings (SSSR count). The van der Waals surface area contributed by atoms with Crippen LogP contribution >= 0.6 is 0 Å². The Hall–Kier alpha value is -0.0800. The van der Waals surface area contributed by atoms with E-state index >= 15 is 0 Å². The van der Waals surface area contributed by atoms with Gasteiger partial charge in [0.15, 0.2) is 0 Å². The van der Waals surface area contributed by atoms with Crippen LogP contribution < -0.4 is 0 Å². The van der Waals surface area contributed by atoms with Crippen LogP contribution in [0.25, 0.3) is 0 Å². The maximum absolute atomic E-state index is 9.59. The Bertz CT molecular complexity index is 160. The minimum absolute atomic E-state index is 0.0480. The van der Waals surface area contributed by atoms with Gasteiger partial charge in [0.2, 0.25) is 0 Å². The molecular formula is C12H25NO. The molecule has 0 aliphatic heterocycles. The summed E-state index contributed by atoms with van der Waals surface area (Å²) in [7, 11) is 2.20. The number of aliphatic hydroxyl groups is 1. The molecule has 1 saturated carbocycles. The van der Waals surface area contributed by atoms with Gasteiger partial charge in [-0.1, -0.05) is 20.3 Å². The van der Waals surface area contributed by atoms with Crippen LogP contribution in [0, 0.1) is 5.92 Å². The van der Waals surface area contributed by atoms with Gasteiger partial charge in [-0.05, 0) is 38.6 Å². The highest BCUT2D eigenvalue weighted by Gasteiger charge is 2.23. The molecule has 0 aromatic carbocycles. The van der Waals surface area contributed by atoms with Crippen molar-refractivity contribution in [1.29, 1.82) is 0 Å². The topological polar surface area (TPSA) is 23.5 Å². The van der Waals surface area contributed by atoms with Gasteiger partial charge in [0.05, 0.1) is 6.10 Å². The average molecular weight is 199 g/mol. The van der Waals surface area contributed by atoms with Crippen LogP contribution in [0.5, 0.6) is 0 Å². The maximum Gasteiger partial charge on any atom is 0.0555 e. The van der Waals surface area contributed by atoms with Crippen molar-refractivity contribution in [3.8, 4) is 0 Å². The van der Waals surface area contributed by atoms with Crippen molar-refractivity contribution in [2.75, 3.05) is 13.6 Å². The summed E-state index contributed by atoms with van der Waals surface area (Å²) in [6, 6.07) is 0.618. The Kier molecular flexibility index (Phi) is 4.90. The molecule has 2 nitrogen and oxygen atoms in total. The predicted molar refractivity (Wildman–Crippen MR) is 60.3 cm³/mol. The number of hydrogen-bond acceptors (Lipinski definition) is 2. The van der Waals surface area contributed by atoms with Crippen molar-refractivity contribution in [2.45, 2.75) is 58.1 Å². The van der Waals surface area contributed by atoms with E-state index in [1.165, 1.54) is 25.8 Å². The van der Waals surface area contributed by atoms with Gasteiger partial charge < -0.3 is 10.0 Å². The summed E-state index contributed by atoms with van der Waals surface area (Å²) in [6.07, 6.45) is 5.65. The lowest BCUT2D eigenvalue weighted by Crippen LogP contribution is -2.39. The van der Waals surface area contributed by atoms with E-state index in [2.05, 4.69) is 25.8 Å². The Balaban J connectivity index is 2.31. The quantitative estimate of drug-likeness (QED) is 0.751. The zero-order valence-electron chi connectivity index (χ0n) is 9.87. The molecule has 0 heterocycles. The smallest absolute Gasteiger partial charge is 0.0555 e. The first-order valence-corrected chi connectivity index (χ1v) is 6.01. The molecule has 1 fully saturated rings. The number of hydrogen-bond donors (Lipinski definition) is 1. The van der Waals surface area contributed by atoms with Crippen molar-refractivity contribution in [3.05, 3.63) is 0 Å². The third kappa shape index (κ3) is 3.58. The summed E-state index contributed by atoms with van der Waals surface area (Å²) in [5, 5.41) is 9.59. The molecule has 0 spiro atoms. The third-order valence-electron chi connectivity index (χ3n) is 3.54. The third-order valence-corrected chi connectivity index (χ3v) is 3.54. The fourth-order valence-electron chi connectivity index (χ4n) is 2.31. The van der Waals surface area contributed by atoms with Gasteiger partial charge in [0, 0.05) is 12.6 Å². The first-order valence-electron chi connectivity index (χ1n) is 6.01. The van der Waals surface area contributed by atoms with Crippen LogP contribution in [0.3, 0.4) is 0 Å². The number of nitrogens with zero attached hydrogens (tertiary/aromatic N) is 1. The van der Waals surface area contributed by atoms with Gasteiger partial charge in [-0.15, -0.1) is 0 Å². The summed E-state index contributed by atoms with van der Waals surface area (Å²) < 4.78 is 0. The fourth-order valence-corrected chi connectivity index (χ4v) is 2.31. The molecule has 0 bridgehead atoms. The molecule has 3 atom stereocenters. The van der Waals surface area contributed by atoms with Gasteiger partial charge in [0.1, 0.15) is 0 Å². The van der Waals surface area contributed by atoms with E-state index in [1.807, 2.05) is 0 Å². The second kappa shape index (κ2) is 5.72. The predicted octanol–water partition coefficient (Wildman–Crippen LogP) is 2.27. The molecule has 14 heavy (non-hydrogen) atoms. The maximum atomic E-state index is 9.59. The summed E-state index contributed by atoms with van der Waals surface area (Å²) in [5.41, 5.74) is 0. The second-order valence-corrected chi connectivity index (χ2v) is 4.93. The first kappa shape index (κ1) is 12.0. The molecule has 0 radical (unpaired) electrons. The van der Waals surface area contributed by atoms with Gasteiger partial charge in [-0.25, -0.2) is 0 Å². The normalized spacial score (nSPS) is 30.6. The van der Waals surface area contributed by atoms with Crippen molar-refractivity contribution < 1.29 is 5.11 Å². The van der Waals surface area contributed by atoms with Crippen LogP contribution in [0.1, 0.15) is 46.0 Å². The van der Waals surface area contributed by atoms with E-state index in [4.69, 9.17) is 0 Å². The average Bonchev–Trinajstić information content (AvgIpc) is 2.17. The highest BCUT2D eigenvalue weighted by molar-refractivity contribution is 4.79. The van der Waals surface area contributed by atoms with Crippen molar-refractivity contribution in [1.82, 2.24) is 4.90 Å². The van der Waals surface area contributed by atoms with Crippen LogP contribution in [-0.4, -0.2) is 35.7 Å². The molecule has 0 amide bonds. The largest absolute Gasteiger partial charge is 0.393 e. The van der Waals surface area contributed by atoms with E-state index in [0.29, 0.717) is 6.04 Å². The number of rotatable bonds is 4. The lowest BCUT2D eigenvalue weighted by molar-refractivity contribution is 0.0673. The molecular weight excluding hydrogens is 174 g/mol. The Morgan fingerprint density at radius 3 is 2.71 bits per heavy atom. The molecule has 1 aliphatic carbocycles. The SMILES string of the molecule is CCC(C)CN(C)C1CCCC(O)C1. The molecule has 0 aromatic heterocycles. The molecule has 2 heteroatoms. The van der Waals surface area contributed by atoms with E-state index < -0.39 is 0 Å². The Labute approximate surface area is 88.3 Å². The fraction of sp³-hybridized carbons (Fsp3) is 1.00. The number of aliphatic hydroxyl groups excluding tert-OH is 1. The molecule has 1 aliphatic rings. The Morgan fingerprint density at radius 1 is 1.43 bits per heavy atom. The molecule has 0 saturated heterocycles. The van der Waals surface area contributed by atoms with Crippen LogP contribution in [0.4, 0.5) is 0 Å². The van der Waals surface area contributed by atoms with E-state index in [1.54, 1.807) is 0 Å². The monoisotopic (exact) mass is 199 g/mol. The summed E-state index contributed by atoms with van der Waals surface area (Å²) in [4.78, 5) is 2.44. The van der Waals surface area contributed by atoms with Gasteiger partial charge in [-0.2, -0.15) is 0 Å². The van der Waals surface area contributed by atoms with Crippen LogP contribution in [-0.2, 0) is 0 Å². The highest BCUT2D eigenvalue weighted by Crippen LogP contribution is 2.23. The lowest BCUT2D eigenvalue weighted by Gasteiger charge is -2.34. The highest BCUT2D eigenvalue weighted by atomic mass is 16.3. The summed E-state index contributed by atoms with van der Waals surface area (Å²) in [5.74, 6) is 0.777. The van der Waals surface area contributed by atoms with E-state index in [-0.39, 0.29) is 6.10 Å². The minimum atomic E-state index is -0.0480. The molecule has 0 aromatic rings. The van der Waals surface area contributed by atoms with Crippen molar-refractivity contribution in [2.24, 2.45) is 5.92 Å². The van der Waals surface area contributed by atoms with Gasteiger partial charge in [-0.3, -0.25) is 0 Å². The standard InChI is InChI=1S/C12H25NO/c1-4-10(2)9-13(3)11-6-5-7-12(14)8-11/h10-12,14H,4-9H2,1-3H3. The summed E-state index contributed by atoms with van der Waals surface area (Å²) in [6.45, 7) is 5.72. The van der Waals surface area contributed by atoms with Crippen molar-refractivity contribution >= 4 is 0 Å². The Morgan fingerprint density at radius 2 is 2.14 bits per heavy atom. The molecule has 1 N–H and O–H groups in total. The minimum Gasteiger partial charge on any atom is -0.393 e. The zero-order valence-corrected chi connectivity index (χ0v) is 9.87. The molecule has 84 valence electrons. The second-order valence-electron chi connectivity index (χ2n) is 4.93.